The van der Waals surface area contributed by atoms with Crippen molar-refractivity contribution in [1.82, 2.24) is 15.3 Å². The Labute approximate surface area is 175 Å². The van der Waals surface area contributed by atoms with Crippen LogP contribution >= 0.6 is 0 Å². The number of hydrogen-bond acceptors (Lipinski definition) is 5. The first kappa shape index (κ1) is 20.5. The lowest BCUT2D eigenvalue weighted by Gasteiger charge is -2.30. The van der Waals surface area contributed by atoms with Gasteiger partial charge in [0.1, 0.15) is 17.5 Å². The third-order valence-corrected chi connectivity index (χ3v) is 5.58. The van der Waals surface area contributed by atoms with Gasteiger partial charge in [-0.3, -0.25) is 0 Å². The monoisotopic (exact) mass is 411 g/mol. The number of para-hydroxylation sites is 1. The number of halogens is 2. The van der Waals surface area contributed by atoms with Crippen LogP contribution in [-0.2, 0) is 6.54 Å². The molecule has 0 spiro atoms. The molecule has 0 bridgehead atoms. The molecule has 1 saturated carbocycles. The van der Waals surface area contributed by atoms with Crippen molar-refractivity contribution in [3.05, 3.63) is 59.7 Å². The van der Waals surface area contributed by atoms with Gasteiger partial charge < -0.3 is 15.5 Å². The zero-order chi connectivity index (χ0) is 21.1. The fourth-order valence-corrected chi connectivity index (χ4v) is 4.06. The van der Waals surface area contributed by atoms with Gasteiger partial charge in [0.25, 0.3) is 0 Å². The second-order valence-corrected chi connectivity index (χ2v) is 8.13. The Kier molecular flexibility index (Phi) is 6.08. The topological polar surface area (TPSA) is 53.1 Å². The van der Waals surface area contributed by atoms with Crippen LogP contribution in [0.4, 0.5) is 20.5 Å². The van der Waals surface area contributed by atoms with Crippen molar-refractivity contribution in [2.75, 3.05) is 24.3 Å². The van der Waals surface area contributed by atoms with Crippen LogP contribution in [0.5, 0.6) is 0 Å². The number of benzene rings is 2. The summed E-state index contributed by atoms with van der Waals surface area (Å²) in [6.07, 6.45) is 3.96. The van der Waals surface area contributed by atoms with E-state index in [1.807, 2.05) is 43.3 Å². The fraction of sp³-hybridized carbons (Fsp3) is 0.391. The Hall–Kier alpha value is -2.80. The lowest BCUT2D eigenvalue weighted by Crippen LogP contribution is -2.37. The van der Waals surface area contributed by atoms with Gasteiger partial charge in [0, 0.05) is 44.2 Å². The third kappa shape index (κ3) is 4.84. The smallest absolute Gasteiger partial charge is 0.225 e. The van der Waals surface area contributed by atoms with Gasteiger partial charge in [-0.05, 0) is 55.5 Å². The van der Waals surface area contributed by atoms with E-state index in [1.165, 1.54) is 12.1 Å². The van der Waals surface area contributed by atoms with Crippen molar-refractivity contribution in [3.63, 3.8) is 0 Å². The number of anilines is 2. The highest BCUT2D eigenvalue weighted by Gasteiger charge is 2.22. The summed E-state index contributed by atoms with van der Waals surface area (Å²) in [5, 5.41) is 7.96. The number of rotatable bonds is 6. The van der Waals surface area contributed by atoms with Crippen molar-refractivity contribution < 1.29 is 8.78 Å². The first-order valence-electron chi connectivity index (χ1n) is 10.4. The van der Waals surface area contributed by atoms with Gasteiger partial charge in [-0.25, -0.2) is 13.8 Å². The highest BCUT2D eigenvalue weighted by Crippen LogP contribution is 2.26. The van der Waals surface area contributed by atoms with E-state index in [-0.39, 0.29) is 0 Å². The molecule has 3 aromatic rings. The maximum absolute atomic E-state index is 13.3. The van der Waals surface area contributed by atoms with E-state index in [2.05, 4.69) is 15.6 Å². The molecule has 158 valence electrons. The Balaban J connectivity index is 1.34. The van der Waals surface area contributed by atoms with E-state index in [0.717, 1.165) is 48.5 Å². The minimum Gasteiger partial charge on any atom is -0.362 e. The first-order valence-corrected chi connectivity index (χ1v) is 10.4. The average Bonchev–Trinajstić information content (AvgIpc) is 2.72. The fourth-order valence-electron chi connectivity index (χ4n) is 4.06. The molecule has 7 heteroatoms. The van der Waals surface area contributed by atoms with Crippen molar-refractivity contribution in [1.29, 1.82) is 0 Å². The Morgan fingerprint density at radius 2 is 1.60 bits per heavy atom. The molecule has 0 saturated heterocycles. The van der Waals surface area contributed by atoms with Crippen molar-refractivity contribution in [3.8, 4) is 0 Å². The van der Waals surface area contributed by atoms with Gasteiger partial charge in [0.2, 0.25) is 5.95 Å². The van der Waals surface area contributed by atoms with Gasteiger partial charge in [0.15, 0.2) is 0 Å². The summed E-state index contributed by atoms with van der Waals surface area (Å²) in [6, 6.07) is 12.3. The maximum Gasteiger partial charge on any atom is 0.225 e. The Morgan fingerprint density at radius 3 is 2.30 bits per heavy atom. The molecule has 1 aliphatic carbocycles. The van der Waals surface area contributed by atoms with E-state index in [1.54, 1.807) is 0 Å². The molecule has 1 fully saturated rings. The van der Waals surface area contributed by atoms with Gasteiger partial charge in [-0.1, -0.05) is 12.1 Å². The highest BCUT2D eigenvalue weighted by molar-refractivity contribution is 5.90. The summed E-state index contributed by atoms with van der Waals surface area (Å²) in [7, 11) is 3.97. The van der Waals surface area contributed by atoms with Crippen LogP contribution in [0.2, 0.25) is 0 Å². The summed E-state index contributed by atoms with van der Waals surface area (Å²) in [6.45, 7) is 0.470. The zero-order valence-corrected chi connectivity index (χ0v) is 17.3. The third-order valence-electron chi connectivity index (χ3n) is 5.58. The number of hydrogen-bond donors (Lipinski definition) is 2. The quantitative estimate of drug-likeness (QED) is 0.626. The summed E-state index contributed by atoms with van der Waals surface area (Å²) in [5.74, 6) is 0.490. The van der Waals surface area contributed by atoms with Crippen LogP contribution in [0.1, 0.15) is 31.2 Å². The molecule has 2 N–H and O–H groups in total. The van der Waals surface area contributed by atoms with Crippen LogP contribution in [-0.4, -0.2) is 36.1 Å². The number of fused-ring (bicyclic) bond motifs is 1. The molecule has 1 aromatic heterocycles. The minimum absolute atomic E-state index is 0.311. The molecular formula is C23H27F2N5. The van der Waals surface area contributed by atoms with Crippen LogP contribution in [0, 0.1) is 11.6 Å². The standard InChI is InChI=1S/C23H27F2N5/c1-30(2)22-20-5-3-4-6-21(20)28-23(29-22)27-19-9-7-18(8-10-19)26-14-15-11-16(24)13-17(25)12-15/h3-6,11-13,18-19,26H,7-10,14H2,1-2H3,(H,27,28,29)/t18-,19+. The molecule has 5 nitrogen and oxygen atoms in total. The normalized spacial score (nSPS) is 19.1. The Bertz CT molecular complexity index is 995. The molecule has 0 atom stereocenters. The van der Waals surface area contributed by atoms with Crippen molar-refractivity contribution >= 4 is 22.7 Å². The number of nitrogens with one attached hydrogen (secondary N) is 2. The molecule has 0 aliphatic heterocycles. The predicted octanol–water partition coefficient (Wildman–Crippen LogP) is 4.49. The zero-order valence-electron chi connectivity index (χ0n) is 17.3. The second-order valence-electron chi connectivity index (χ2n) is 8.13. The molecule has 4 rings (SSSR count). The lowest BCUT2D eigenvalue weighted by molar-refractivity contribution is 0.352. The summed E-state index contributed by atoms with van der Waals surface area (Å²) in [4.78, 5) is 11.4. The van der Waals surface area contributed by atoms with Crippen molar-refractivity contribution in [2.24, 2.45) is 0 Å². The van der Waals surface area contributed by atoms with Crippen LogP contribution in [0.15, 0.2) is 42.5 Å². The molecule has 0 unspecified atom stereocenters. The summed E-state index contributed by atoms with van der Waals surface area (Å²) >= 11 is 0. The van der Waals surface area contributed by atoms with E-state index in [9.17, 15) is 8.78 Å². The molecule has 0 amide bonds. The van der Waals surface area contributed by atoms with E-state index in [0.29, 0.717) is 30.1 Å². The van der Waals surface area contributed by atoms with Crippen LogP contribution in [0.3, 0.4) is 0 Å². The number of aromatic nitrogens is 2. The molecule has 1 aliphatic rings. The van der Waals surface area contributed by atoms with Gasteiger partial charge >= 0.3 is 0 Å². The highest BCUT2D eigenvalue weighted by atomic mass is 19.1. The molecule has 30 heavy (non-hydrogen) atoms. The average molecular weight is 412 g/mol. The van der Waals surface area contributed by atoms with Crippen LogP contribution < -0.4 is 15.5 Å². The van der Waals surface area contributed by atoms with Crippen LogP contribution in [0.25, 0.3) is 10.9 Å². The molecule has 1 heterocycles. The second kappa shape index (κ2) is 8.92. The van der Waals surface area contributed by atoms with E-state index < -0.39 is 11.6 Å². The molecule has 2 aromatic carbocycles. The molecule has 0 radical (unpaired) electrons. The lowest BCUT2D eigenvalue weighted by atomic mass is 9.91. The van der Waals surface area contributed by atoms with Gasteiger partial charge in [0.05, 0.1) is 5.52 Å². The number of nitrogens with zero attached hydrogens (tertiary/aromatic N) is 3. The van der Waals surface area contributed by atoms with E-state index in [4.69, 9.17) is 4.98 Å². The van der Waals surface area contributed by atoms with Crippen molar-refractivity contribution in [2.45, 2.75) is 44.3 Å². The Morgan fingerprint density at radius 1 is 0.933 bits per heavy atom. The SMILES string of the molecule is CN(C)c1nc(N[C@H]2CC[C@@H](NCc3cc(F)cc(F)c3)CC2)nc2ccccc12. The predicted molar refractivity (Wildman–Crippen MR) is 117 cm³/mol. The largest absolute Gasteiger partial charge is 0.362 e. The minimum atomic E-state index is -0.535. The van der Waals surface area contributed by atoms with Gasteiger partial charge in [-0.2, -0.15) is 4.98 Å². The maximum atomic E-state index is 13.3. The first-order chi connectivity index (χ1) is 14.5. The van der Waals surface area contributed by atoms with Gasteiger partial charge in [-0.15, -0.1) is 0 Å². The summed E-state index contributed by atoms with van der Waals surface area (Å²) < 4.78 is 26.7. The summed E-state index contributed by atoms with van der Waals surface area (Å²) in [5.41, 5.74) is 1.56. The molecular weight excluding hydrogens is 384 g/mol. The van der Waals surface area contributed by atoms with E-state index >= 15 is 0 Å².